The van der Waals surface area contributed by atoms with Crippen LogP contribution in [0, 0.1) is 19.7 Å². The van der Waals surface area contributed by atoms with Crippen LogP contribution in [0.15, 0.2) is 57.7 Å². The van der Waals surface area contributed by atoms with Crippen LogP contribution >= 0.6 is 0 Å². The first-order valence-electron chi connectivity index (χ1n) is 9.05. The number of carbonyl (C=O) groups is 1. The number of aromatic amines is 1. The molecule has 4 aromatic rings. The molecule has 0 aliphatic carbocycles. The number of rotatable bonds is 4. The smallest absolute Gasteiger partial charge is 0.251 e. The molecular formula is C22H18FN3O3. The maximum atomic E-state index is 13.9. The number of carbonyl (C=O) groups excluding carboxylic acids is 1. The van der Waals surface area contributed by atoms with Crippen LogP contribution in [0.5, 0.6) is 0 Å². The summed E-state index contributed by atoms with van der Waals surface area (Å²) in [5.74, 6) is -0.140. The molecule has 0 saturated heterocycles. The SMILES string of the molecule is Cc1oc(-c2ccccc2F)nc1CC(=O)Nc1ccc2cc(C)c(=O)[nH]c2c1. The maximum Gasteiger partial charge on any atom is 0.251 e. The van der Waals surface area contributed by atoms with E-state index in [0.717, 1.165) is 5.39 Å². The Morgan fingerprint density at radius 2 is 1.97 bits per heavy atom. The molecule has 0 aliphatic rings. The lowest BCUT2D eigenvalue weighted by Crippen LogP contribution is -2.15. The van der Waals surface area contributed by atoms with Crippen molar-refractivity contribution in [3.8, 4) is 11.5 Å². The molecule has 2 heterocycles. The van der Waals surface area contributed by atoms with Crippen molar-refractivity contribution in [1.29, 1.82) is 0 Å². The molecule has 0 aliphatic heterocycles. The molecule has 146 valence electrons. The number of aryl methyl sites for hydroxylation is 2. The largest absolute Gasteiger partial charge is 0.441 e. The summed E-state index contributed by atoms with van der Waals surface area (Å²) in [6.07, 6.45) is -0.0216. The fraction of sp³-hybridized carbons (Fsp3) is 0.136. The highest BCUT2D eigenvalue weighted by atomic mass is 19.1. The van der Waals surface area contributed by atoms with Crippen molar-refractivity contribution < 1.29 is 13.6 Å². The van der Waals surface area contributed by atoms with Gasteiger partial charge in [0.2, 0.25) is 11.8 Å². The molecule has 1 amide bonds. The van der Waals surface area contributed by atoms with Crippen LogP contribution in [-0.2, 0) is 11.2 Å². The molecule has 0 unspecified atom stereocenters. The lowest BCUT2D eigenvalue weighted by molar-refractivity contribution is -0.115. The fourth-order valence-electron chi connectivity index (χ4n) is 3.09. The Kier molecular flexibility index (Phi) is 4.72. The average molecular weight is 391 g/mol. The highest BCUT2D eigenvalue weighted by Gasteiger charge is 2.17. The summed E-state index contributed by atoms with van der Waals surface area (Å²) in [7, 11) is 0. The van der Waals surface area contributed by atoms with E-state index in [9.17, 15) is 14.0 Å². The monoisotopic (exact) mass is 391 g/mol. The van der Waals surface area contributed by atoms with Crippen LogP contribution in [0.25, 0.3) is 22.4 Å². The summed E-state index contributed by atoms with van der Waals surface area (Å²) in [6, 6.07) is 13.3. The van der Waals surface area contributed by atoms with E-state index < -0.39 is 5.82 Å². The number of pyridine rings is 1. The predicted molar refractivity (Wildman–Crippen MR) is 108 cm³/mol. The third-order valence-corrected chi connectivity index (χ3v) is 4.64. The molecule has 0 radical (unpaired) electrons. The lowest BCUT2D eigenvalue weighted by atomic mass is 10.1. The van der Waals surface area contributed by atoms with Crippen molar-refractivity contribution in [3.05, 3.63) is 81.7 Å². The van der Waals surface area contributed by atoms with Gasteiger partial charge in [0, 0.05) is 11.3 Å². The Labute approximate surface area is 165 Å². The molecular weight excluding hydrogens is 373 g/mol. The van der Waals surface area contributed by atoms with Gasteiger partial charge in [0.15, 0.2) is 0 Å². The third kappa shape index (κ3) is 3.80. The quantitative estimate of drug-likeness (QED) is 0.548. The van der Waals surface area contributed by atoms with E-state index in [0.29, 0.717) is 28.2 Å². The average Bonchev–Trinajstić information content (AvgIpc) is 3.03. The van der Waals surface area contributed by atoms with Crippen molar-refractivity contribution in [1.82, 2.24) is 9.97 Å². The van der Waals surface area contributed by atoms with Gasteiger partial charge < -0.3 is 14.7 Å². The van der Waals surface area contributed by atoms with Crippen LogP contribution in [0.3, 0.4) is 0 Å². The summed E-state index contributed by atoms with van der Waals surface area (Å²) >= 11 is 0. The number of halogens is 1. The van der Waals surface area contributed by atoms with Gasteiger partial charge >= 0.3 is 0 Å². The van der Waals surface area contributed by atoms with Crippen molar-refractivity contribution in [2.24, 2.45) is 0 Å². The Morgan fingerprint density at radius 3 is 2.76 bits per heavy atom. The zero-order chi connectivity index (χ0) is 20.5. The molecule has 0 saturated carbocycles. The number of nitrogens with one attached hydrogen (secondary N) is 2. The van der Waals surface area contributed by atoms with E-state index in [1.54, 1.807) is 50.2 Å². The van der Waals surface area contributed by atoms with E-state index in [4.69, 9.17) is 4.42 Å². The predicted octanol–water partition coefficient (Wildman–Crippen LogP) is 4.12. The van der Waals surface area contributed by atoms with E-state index in [1.165, 1.54) is 6.07 Å². The van der Waals surface area contributed by atoms with Gasteiger partial charge in [-0.25, -0.2) is 9.37 Å². The molecule has 4 rings (SSSR count). The molecule has 2 aromatic heterocycles. The number of aromatic nitrogens is 2. The summed E-state index contributed by atoms with van der Waals surface area (Å²) < 4.78 is 19.5. The molecule has 0 fully saturated rings. The van der Waals surface area contributed by atoms with Gasteiger partial charge in [-0.3, -0.25) is 9.59 Å². The molecule has 29 heavy (non-hydrogen) atoms. The zero-order valence-electron chi connectivity index (χ0n) is 15.9. The standard InChI is InChI=1S/C22H18FN3O3/c1-12-9-14-7-8-15(10-19(14)25-21(12)28)24-20(27)11-18-13(2)29-22(26-18)16-5-3-4-6-17(16)23/h3-10H,11H2,1-2H3,(H,24,27)(H,25,28). The summed E-state index contributed by atoms with van der Waals surface area (Å²) in [5, 5.41) is 3.66. The topological polar surface area (TPSA) is 88.0 Å². The Bertz CT molecular complexity index is 1290. The first kappa shape index (κ1) is 18.6. The zero-order valence-corrected chi connectivity index (χ0v) is 15.9. The number of hydrogen-bond donors (Lipinski definition) is 2. The number of anilines is 1. The highest BCUT2D eigenvalue weighted by molar-refractivity contribution is 5.94. The molecule has 2 N–H and O–H groups in total. The van der Waals surface area contributed by atoms with Gasteiger partial charge in [-0.15, -0.1) is 0 Å². The number of nitrogens with zero attached hydrogens (tertiary/aromatic N) is 1. The number of H-pyrrole nitrogens is 1. The minimum absolute atomic E-state index is 0.0216. The second-order valence-corrected chi connectivity index (χ2v) is 6.81. The molecule has 0 spiro atoms. The minimum Gasteiger partial charge on any atom is -0.441 e. The number of fused-ring (bicyclic) bond motifs is 1. The second-order valence-electron chi connectivity index (χ2n) is 6.81. The van der Waals surface area contributed by atoms with Crippen molar-refractivity contribution in [2.45, 2.75) is 20.3 Å². The molecule has 7 heteroatoms. The Hall–Kier alpha value is -3.74. The summed E-state index contributed by atoms with van der Waals surface area (Å²) in [6.45, 7) is 3.42. The van der Waals surface area contributed by atoms with Gasteiger partial charge in [-0.05, 0) is 49.6 Å². The number of benzene rings is 2. The van der Waals surface area contributed by atoms with E-state index in [1.807, 2.05) is 6.07 Å². The third-order valence-electron chi connectivity index (χ3n) is 4.64. The normalized spacial score (nSPS) is 11.0. The van der Waals surface area contributed by atoms with Crippen molar-refractivity contribution in [3.63, 3.8) is 0 Å². The van der Waals surface area contributed by atoms with Crippen molar-refractivity contribution in [2.75, 3.05) is 5.32 Å². The van der Waals surface area contributed by atoms with E-state index in [-0.39, 0.29) is 29.3 Å². The molecule has 6 nitrogen and oxygen atoms in total. The van der Waals surface area contributed by atoms with Gasteiger partial charge in [0.05, 0.1) is 23.2 Å². The minimum atomic E-state index is -0.440. The Morgan fingerprint density at radius 1 is 1.17 bits per heavy atom. The van der Waals surface area contributed by atoms with Crippen LogP contribution in [0.2, 0.25) is 0 Å². The number of amides is 1. The summed E-state index contributed by atoms with van der Waals surface area (Å²) in [4.78, 5) is 31.3. The van der Waals surface area contributed by atoms with Crippen LogP contribution < -0.4 is 10.9 Å². The van der Waals surface area contributed by atoms with Gasteiger partial charge in [-0.1, -0.05) is 18.2 Å². The van der Waals surface area contributed by atoms with Crippen molar-refractivity contribution >= 4 is 22.5 Å². The van der Waals surface area contributed by atoms with Gasteiger partial charge in [-0.2, -0.15) is 0 Å². The van der Waals surface area contributed by atoms with E-state index >= 15 is 0 Å². The Balaban J connectivity index is 1.53. The number of hydrogen-bond acceptors (Lipinski definition) is 4. The van der Waals surface area contributed by atoms with E-state index in [2.05, 4.69) is 15.3 Å². The molecule has 0 atom stereocenters. The summed E-state index contributed by atoms with van der Waals surface area (Å²) in [5.41, 5.74) is 2.33. The van der Waals surface area contributed by atoms with Crippen LogP contribution in [0.1, 0.15) is 17.0 Å². The highest BCUT2D eigenvalue weighted by Crippen LogP contribution is 2.25. The second kappa shape index (κ2) is 7.35. The number of oxazole rings is 1. The molecule has 0 bridgehead atoms. The van der Waals surface area contributed by atoms with Gasteiger partial charge in [0.1, 0.15) is 11.6 Å². The fourth-order valence-corrected chi connectivity index (χ4v) is 3.09. The first-order valence-corrected chi connectivity index (χ1v) is 9.05. The molecule has 2 aromatic carbocycles. The van der Waals surface area contributed by atoms with Gasteiger partial charge in [0.25, 0.3) is 5.56 Å². The maximum absolute atomic E-state index is 13.9. The lowest BCUT2D eigenvalue weighted by Gasteiger charge is -2.06. The van der Waals surface area contributed by atoms with Crippen LogP contribution in [-0.4, -0.2) is 15.9 Å². The first-order chi connectivity index (χ1) is 13.9. The van der Waals surface area contributed by atoms with Crippen LogP contribution in [0.4, 0.5) is 10.1 Å².